The number of carbonyl (C=O) groups excluding carboxylic acids is 1. The first-order valence-corrected chi connectivity index (χ1v) is 8.54. The summed E-state index contributed by atoms with van der Waals surface area (Å²) in [6.07, 6.45) is 0. The van der Waals surface area contributed by atoms with Gasteiger partial charge < -0.3 is 0 Å². The summed E-state index contributed by atoms with van der Waals surface area (Å²) < 4.78 is 1.67. The summed E-state index contributed by atoms with van der Waals surface area (Å²) in [6.45, 7) is 0. The number of anilines is 1. The molecule has 3 aromatic rings. The van der Waals surface area contributed by atoms with Gasteiger partial charge in [0.15, 0.2) is 5.13 Å². The average molecular weight is 408 g/mol. The Balaban J connectivity index is 1.93. The van der Waals surface area contributed by atoms with E-state index in [1.54, 1.807) is 18.2 Å². The van der Waals surface area contributed by atoms with E-state index in [2.05, 4.69) is 26.2 Å². The van der Waals surface area contributed by atoms with E-state index in [1.165, 1.54) is 22.7 Å². The van der Waals surface area contributed by atoms with Crippen molar-refractivity contribution < 1.29 is 4.79 Å². The predicted octanol–water partition coefficient (Wildman–Crippen LogP) is 5.68. The Hall–Kier alpha value is -0.660. The van der Waals surface area contributed by atoms with Gasteiger partial charge in [0.05, 0.1) is 23.4 Å². The zero-order chi connectivity index (χ0) is 14.3. The third kappa shape index (κ3) is 2.71. The maximum absolute atomic E-state index is 12.1. The van der Waals surface area contributed by atoms with Crippen molar-refractivity contribution in [2.24, 2.45) is 0 Å². The summed E-state index contributed by atoms with van der Waals surface area (Å²) in [6, 6.07) is 6.98. The van der Waals surface area contributed by atoms with E-state index in [0.717, 1.165) is 8.49 Å². The molecule has 0 fully saturated rings. The van der Waals surface area contributed by atoms with Crippen LogP contribution in [0, 0.1) is 0 Å². The van der Waals surface area contributed by atoms with Gasteiger partial charge >= 0.3 is 0 Å². The van der Waals surface area contributed by atoms with Gasteiger partial charge in [0.2, 0.25) is 0 Å². The molecule has 1 amide bonds. The minimum absolute atomic E-state index is 0.202. The number of benzene rings is 1. The zero-order valence-corrected chi connectivity index (χ0v) is 14.3. The average Bonchev–Trinajstić information content (AvgIpc) is 3.01. The molecule has 20 heavy (non-hydrogen) atoms. The first-order chi connectivity index (χ1) is 9.54. The summed E-state index contributed by atoms with van der Waals surface area (Å²) in [5.74, 6) is -0.202. The van der Waals surface area contributed by atoms with Crippen LogP contribution >= 0.6 is 61.8 Å². The van der Waals surface area contributed by atoms with Gasteiger partial charge in [-0.2, -0.15) is 0 Å². The van der Waals surface area contributed by atoms with Crippen molar-refractivity contribution in [3.8, 4) is 0 Å². The van der Waals surface area contributed by atoms with E-state index in [0.29, 0.717) is 25.6 Å². The van der Waals surface area contributed by atoms with Crippen LogP contribution in [0.1, 0.15) is 9.67 Å². The molecule has 2 aromatic heterocycles. The summed E-state index contributed by atoms with van der Waals surface area (Å²) in [4.78, 5) is 17.0. The molecule has 0 aliphatic carbocycles. The minimum atomic E-state index is -0.202. The van der Waals surface area contributed by atoms with Crippen molar-refractivity contribution in [3.63, 3.8) is 0 Å². The van der Waals surface area contributed by atoms with E-state index in [9.17, 15) is 4.79 Å². The third-order valence-corrected chi connectivity index (χ3v) is 5.82. The van der Waals surface area contributed by atoms with Gasteiger partial charge in [-0.15, -0.1) is 11.3 Å². The zero-order valence-electron chi connectivity index (χ0n) is 9.62. The maximum Gasteiger partial charge on any atom is 0.267 e. The number of nitrogens with zero attached hydrogens (tertiary/aromatic N) is 1. The van der Waals surface area contributed by atoms with Gasteiger partial charge in [-0.3, -0.25) is 10.1 Å². The number of carbonyl (C=O) groups is 1. The van der Waals surface area contributed by atoms with Crippen molar-refractivity contribution in [1.29, 1.82) is 0 Å². The van der Waals surface area contributed by atoms with Crippen molar-refractivity contribution in [1.82, 2.24) is 4.98 Å². The summed E-state index contributed by atoms with van der Waals surface area (Å²) >= 11 is 18.1. The smallest absolute Gasteiger partial charge is 0.267 e. The fourth-order valence-corrected chi connectivity index (χ4v) is 4.29. The largest absolute Gasteiger partial charge is 0.297 e. The molecular weight excluding hydrogens is 403 g/mol. The van der Waals surface area contributed by atoms with E-state index >= 15 is 0 Å². The SMILES string of the molecule is O=C(Nc1nc2c(Cl)ccc(Cl)c2s1)c1ccc(Br)s1. The Morgan fingerprint density at radius 2 is 1.90 bits per heavy atom. The topological polar surface area (TPSA) is 42.0 Å². The lowest BCUT2D eigenvalue weighted by Crippen LogP contribution is -2.09. The van der Waals surface area contributed by atoms with E-state index in [1.807, 2.05) is 6.07 Å². The Morgan fingerprint density at radius 3 is 2.55 bits per heavy atom. The van der Waals surface area contributed by atoms with Crippen molar-refractivity contribution in [3.05, 3.63) is 43.0 Å². The number of halogens is 3. The van der Waals surface area contributed by atoms with Crippen LogP contribution in [0.5, 0.6) is 0 Å². The van der Waals surface area contributed by atoms with Crippen LogP contribution in [0.3, 0.4) is 0 Å². The van der Waals surface area contributed by atoms with Gasteiger partial charge in [-0.1, -0.05) is 34.5 Å². The Labute approximate surface area is 140 Å². The summed E-state index contributed by atoms with van der Waals surface area (Å²) in [5, 5.41) is 4.32. The normalized spacial score (nSPS) is 10.9. The molecule has 3 rings (SSSR count). The number of fused-ring (bicyclic) bond motifs is 1. The highest BCUT2D eigenvalue weighted by molar-refractivity contribution is 9.11. The highest BCUT2D eigenvalue weighted by atomic mass is 79.9. The van der Waals surface area contributed by atoms with Crippen LogP contribution in [0.2, 0.25) is 10.0 Å². The van der Waals surface area contributed by atoms with Gasteiger partial charge in [-0.05, 0) is 40.2 Å². The van der Waals surface area contributed by atoms with Crippen LogP contribution < -0.4 is 5.32 Å². The van der Waals surface area contributed by atoms with Crippen LogP contribution in [0.25, 0.3) is 10.2 Å². The van der Waals surface area contributed by atoms with Crippen molar-refractivity contribution in [2.45, 2.75) is 0 Å². The molecule has 8 heteroatoms. The second-order valence-corrected chi connectivity index (χ2v) is 8.06. The molecule has 0 unspecified atom stereocenters. The van der Waals surface area contributed by atoms with Gasteiger partial charge in [-0.25, -0.2) is 4.98 Å². The molecule has 0 spiro atoms. The van der Waals surface area contributed by atoms with Crippen LogP contribution in [0.4, 0.5) is 5.13 Å². The molecule has 1 N–H and O–H groups in total. The lowest BCUT2D eigenvalue weighted by atomic mass is 10.3. The number of hydrogen-bond acceptors (Lipinski definition) is 4. The molecule has 0 bridgehead atoms. The van der Waals surface area contributed by atoms with Crippen molar-refractivity contribution >= 4 is 83.1 Å². The molecule has 102 valence electrons. The van der Waals surface area contributed by atoms with E-state index < -0.39 is 0 Å². The molecule has 2 heterocycles. The molecule has 1 aromatic carbocycles. The van der Waals surface area contributed by atoms with E-state index in [4.69, 9.17) is 23.2 Å². The lowest BCUT2D eigenvalue weighted by Gasteiger charge is -1.97. The standard InChI is InChI=1S/C12H5BrCl2N2OS2/c13-8-4-3-7(19-8)11(18)17-12-16-9-5(14)1-2-6(15)10(9)20-12/h1-4H,(H,16,17,18). The van der Waals surface area contributed by atoms with Crippen LogP contribution in [-0.4, -0.2) is 10.9 Å². The Morgan fingerprint density at radius 1 is 1.15 bits per heavy atom. The van der Waals surface area contributed by atoms with Crippen LogP contribution in [0.15, 0.2) is 28.1 Å². The second kappa shape index (κ2) is 5.61. The lowest BCUT2D eigenvalue weighted by molar-refractivity contribution is 0.103. The monoisotopic (exact) mass is 406 g/mol. The molecule has 0 saturated carbocycles. The number of thiophene rings is 1. The quantitative estimate of drug-likeness (QED) is 0.593. The van der Waals surface area contributed by atoms with Crippen molar-refractivity contribution in [2.75, 3.05) is 5.32 Å². The number of hydrogen-bond donors (Lipinski definition) is 1. The molecular formula is C12H5BrCl2N2OS2. The highest BCUT2D eigenvalue weighted by Crippen LogP contribution is 2.36. The third-order valence-electron chi connectivity index (χ3n) is 2.46. The number of amides is 1. The first kappa shape index (κ1) is 14.3. The fourth-order valence-electron chi connectivity index (χ4n) is 1.59. The maximum atomic E-state index is 12.1. The fraction of sp³-hybridized carbons (Fsp3) is 0. The first-order valence-electron chi connectivity index (χ1n) is 5.36. The minimum Gasteiger partial charge on any atom is -0.297 e. The summed E-state index contributed by atoms with van der Waals surface area (Å²) in [5.41, 5.74) is 0.604. The molecule has 0 radical (unpaired) electrons. The van der Waals surface area contributed by atoms with Crippen LogP contribution in [-0.2, 0) is 0 Å². The molecule has 3 nitrogen and oxygen atoms in total. The Bertz CT molecular complexity index is 776. The summed E-state index contributed by atoms with van der Waals surface area (Å²) in [7, 11) is 0. The highest BCUT2D eigenvalue weighted by Gasteiger charge is 2.14. The van der Waals surface area contributed by atoms with Gasteiger partial charge in [0.1, 0.15) is 5.52 Å². The molecule has 0 aliphatic heterocycles. The number of aromatic nitrogens is 1. The number of thiazole rings is 1. The van der Waals surface area contributed by atoms with Gasteiger partial charge in [0.25, 0.3) is 5.91 Å². The second-order valence-electron chi connectivity index (χ2n) is 3.78. The molecule has 0 saturated heterocycles. The Kier molecular flexibility index (Phi) is 4.01. The molecule has 0 atom stereocenters. The predicted molar refractivity (Wildman–Crippen MR) is 89.6 cm³/mol. The molecule has 0 aliphatic rings. The number of nitrogens with one attached hydrogen (secondary N) is 1. The van der Waals surface area contributed by atoms with E-state index in [-0.39, 0.29) is 5.91 Å². The number of rotatable bonds is 2. The van der Waals surface area contributed by atoms with Gasteiger partial charge in [0, 0.05) is 0 Å².